The molecule has 1 aromatic carbocycles. The van der Waals surface area contributed by atoms with Crippen molar-refractivity contribution in [1.82, 2.24) is 15.0 Å². The molecule has 0 amide bonds. The molecule has 0 aliphatic rings. The molecular weight excluding hydrogens is 234 g/mol. The molecule has 0 spiro atoms. The average molecular weight is 247 g/mol. The first-order chi connectivity index (χ1) is 8.61. The summed E-state index contributed by atoms with van der Waals surface area (Å²) in [5.74, 6) is -0.230. The number of methoxy groups -OCH3 is 1. The molecule has 0 radical (unpaired) electrons. The Labute approximate surface area is 104 Å². The zero-order valence-corrected chi connectivity index (χ0v) is 10.1. The lowest BCUT2D eigenvalue weighted by molar-refractivity contribution is -0.136. The van der Waals surface area contributed by atoms with E-state index in [1.807, 2.05) is 18.2 Å². The highest BCUT2D eigenvalue weighted by Crippen LogP contribution is 2.18. The van der Waals surface area contributed by atoms with E-state index in [-0.39, 0.29) is 6.42 Å². The Balaban J connectivity index is 2.46. The molecule has 0 fully saturated rings. The third kappa shape index (κ3) is 2.32. The van der Waals surface area contributed by atoms with Crippen LogP contribution in [0.2, 0.25) is 0 Å². The number of carbonyl (C=O) groups is 1. The molecule has 0 aliphatic carbocycles. The van der Waals surface area contributed by atoms with Gasteiger partial charge < -0.3 is 9.84 Å². The van der Waals surface area contributed by atoms with Crippen LogP contribution in [0, 0.1) is 6.92 Å². The monoisotopic (exact) mass is 247 g/mol. The fourth-order valence-electron chi connectivity index (χ4n) is 1.67. The maximum atomic E-state index is 10.8. The lowest BCUT2D eigenvalue weighted by Crippen LogP contribution is -2.09. The Morgan fingerprint density at radius 1 is 1.50 bits per heavy atom. The smallest absolute Gasteiger partial charge is 0.309 e. The largest absolute Gasteiger partial charge is 0.497 e. The number of hydrogen-bond acceptors (Lipinski definition) is 4. The zero-order chi connectivity index (χ0) is 13.1. The Morgan fingerprint density at radius 2 is 2.28 bits per heavy atom. The number of carboxylic acids is 1. The molecule has 0 aliphatic heterocycles. The van der Waals surface area contributed by atoms with Crippen molar-refractivity contribution in [3.63, 3.8) is 0 Å². The minimum absolute atomic E-state index is 0.115. The van der Waals surface area contributed by atoms with Crippen LogP contribution in [0.15, 0.2) is 24.3 Å². The summed E-state index contributed by atoms with van der Waals surface area (Å²) in [6.07, 6.45) is -0.115. The summed E-state index contributed by atoms with van der Waals surface area (Å²) in [5.41, 5.74) is 1.90. The number of ether oxygens (including phenoxy) is 1. The van der Waals surface area contributed by atoms with E-state index in [0.717, 1.165) is 5.69 Å². The molecule has 18 heavy (non-hydrogen) atoms. The van der Waals surface area contributed by atoms with Crippen molar-refractivity contribution >= 4 is 5.97 Å². The second-order valence-corrected chi connectivity index (χ2v) is 3.81. The molecule has 94 valence electrons. The standard InChI is InChI=1S/C12H13N3O3/c1-8-11(7-12(16)17)15(14-13-8)9-4-3-5-10(6-9)18-2/h3-6H,7H2,1-2H3,(H,16,17). The highest BCUT2D eigenvalue weighted by atomic mass is 16.5. The summed E-state index contributed by atoms with van der Waals surface area (Å²) in [6.45, 7) is 1.74. The van der Waals surface area contributed by atoms with Gasteiger partial charge in [0.25, 0.3) is 0 Å². The Kier molecular flexibility index (Phi) is 3.27. The molecular formula is C12H13N3O3. The third-order valence-electron chi connectivity index (χ3n) is 2.57. The molecule has 0 atom stereocenters. The van der Waals surface area contributed by atoms with Crippen molar-refractivity contribution in [2.24, 2.45) is 0 Å². The van der Waals surface area contributed by atoms with Crippen molar-refractivity contribution < 1.29 is 14.6 Å². The summed E-state index contributed by atoms with van der Waals surface area (Å²) in [4.78, 5) is 10.8. The molecule has 0 unspecified atom stereocenters. The lowest BCUT2D eigenvalue weighted by atomic mass is 10.2. The molecule has 1 heterocycles. The third-order valence-corrected chi connectivity index (χ3v) is 2.57. The second-order valence-electron chi connectivity index (χ2n) is 3.81. The van der Waals surface area contributed by atoms with Gasteiger partial charge in [0.1, 0.15) is 5.75 Å². The first-order valence-corrected chi connectivity index (χ1v) is 5.39. The summed E-state index contributed by atoms with van der Waals surface area (Å²) < 4.78 is 6.65. The van der Waals surface area contributed by atoms with Crippen LogP contribution in [0.1, 0.15) is 11.4 Å². The minimum atomic E-state index is -0.912. The van der Waals surface area contributed by atoms with Gasteiger partial charge in [0.15, 0.2) is 0 Å². The van der Waals surface area contributed by atoms with E-state index in [9.17, 15) is 4.79 Å². The predicted molar refractivity (Wildman–Crippen MR) is 64.0 cm³/mol. The molecule has 1 aromatic heterocycles. The first kappa shape index (κ1) is 12.1. The number of aryl methyl sites for hydroxylation is 1. The van der Waals surface area contributed by atoms with Crippen LogP contribution in [0.25, 0.3) is 5.69 Å². The van der Waals surface area contributed by atoms with Crippen molar-refractivity contribution in [2.75, 3.05) is 7.11 Å². The quantitative estimate of drug-likeness (QED) is 0.878. The van der Waals surface area contributed by atoms with Crippen molar-refractivity contribution in [3.8, 4) is 11.4 Å². The van der Waals surface area contributed by atoms with Gasteiger partial charge in [0, 0.05) is 6.07 Å². The molecule has 0 bridgehead atoms. The number of aromatic nitrogens is 3. The molecule has 6 heteroatoms. The number of rotatable bonds is 4. The average Bonchev–Trinajstić information content (AvgIpc) is 2.71. The highest BCUT2D eigenvalue weighted by molar-refractivity contribution is 5.70. The van der Waals surface area contributed by atoms with Crippen molar-refractivity contribution in [3.05, 3.63) is 35.7 Å². The van der Waals surface area contributed by atoms with Crippen molar-refractivity contribution in [1.29, 1.82) is 0 Å². The molecule has 2 rings (SSSR count). The van der Waals surface area contributed by atoms with Crippen LogP contribution in [0.5, 0.6) is 5.75 Å². The topological polar surface area (TPSA) is 77.2 Å². The maximum absolute atomic E-state index is 10.8. The minimum Gasteiger partial charge on any atom is -0.497 e. The molecule has 2 aromatic rings. The van der Waals surface area contributed by atoms with Gasteiger partial charge in [-0.25, -0.2) is 4.68 Å². The Bertz CT molecular complexity index is 578. The van der Waals surface area contributed by atoms with Gasteiger partial charge in [-0.15, -0.1) is 5.10 Å². The van der Waals surface area contributed by atoms with Gasteiger partial charge >= 0.3 is 5.97 Å². The maximum Gasteiger partial charge on any atom is 0.309 e. The Hall–Kier alpha value is -2.37. The first-order valence-electron chi connectivity index (χ1n) is 5.39. The van der Waals surface area contributed by atoms with Gasteiger partial charge in [-0.1, -0.05) is 11.3 Å². The van der Waals surface area contributed by atoms with Gasteiger partial charge in [-0.05, 0) is 19.1 Å². The molecule has 0 saturated heterocycles. The molecule has 1 N–H and O–H groups in total. The summed E-state index contributed by atoms with van der Waals surface area (Å²) >= 11 is 0. The van der Waals surface area contributed by atoms with E-state index in [0.29, 0.717) is 17.1 Å². The second kappa shape index (κ2) is 4.87. The van der Waals surface area contributed by atoms with E-state index in [4.69, 9.17) is 9.84 Å². The van der Waals surface area contributed by atoms with Gasteiger partial charge in [0.2, 0.25) is 0 Å². The fourth-order valence-corrected chi connectivity index (χ4v) is 1.67. The van der Waals surface area contributed by atoms with Crippen LogP contribution in [0.3, 0.4) is 0 Å². The summed E-state index contributed by atoms with van der Waals surface area (Å²) in [5, 5.41) is 16.8. The van der Waals surface area contributed by atoms with Crippen LogP contribution < -0.4 is 4.74 Å². The van der Waals surface area contributed by atoms with E-state index in [2.05, 4.69) is 10.3 Å². The van der Waals surface area contributed by atoms with E-state index >= 15 is 0 Å². The number of benzene rings is 1. The summed E-state index contributed by atoms with van der Waals surface area (Å²) in [7, 11) is 1.57. The highest BCUT2D eigenvalue weighted by Gasteiger charge is 2.14. The van der Waals surface area contributed by atoms with Crippen LogP contribution in [0.4, 0.5) is 0 Å². The van der Waals surface area contributed by atoms with E-state index in [1.165, 1.54) is 4.68 Å². The van der Waals surface area contributed by atoms with Crippen LogP contribution in [-0.4, -0.2) is 33.2 Å². The summed E-state index contributed by atoms with van der Waals surface area (Å²) in [6, 6.07) is 7.22. The van der Waals surface area contributed by atoms with E-state index in [1.54, 1.807) is 20.1 Å². The van der Waals surface area contributed by atoms with Crippen LogP contribution in [-0.2, 0) is 11.2 Å². The Morgan fingerprint density at radius 3 is 2.94 bits per heavy atom. The molecule has 6 nitrogen and oxygen atoms in total. The van der Waals surface area contributed by atoms with E-state index < -0.39 is 5.97 Å². The zero-order valence-electron chi connectivity index (χ0n) is 10.1. The fraction of sp³-hybridized carbons (Fsp3) is 0.250. The predicted octanol–water partition coefficient (Wildman–Crippen LogP) is 1.21. The number of aliphatic carboxylic acids is 1. The van der Waals surface area contributed by atoms with Gasteiger partial charge in [-0.2, -0.15) is 0 Å². The number of hydrogen-bond donors (Lipinski definition) is 1. The van der Waals surface area contributed by atoms with Crippen LogP contribution >= 0.6 is 0 Å². The van der Waals surface area contributed by atoms with Gasteiger partial charge in [-0.3, -0.25) is 4.79 Å². The normalized spacial score (nSPS) is 10.3. The number of carboxylic acid groups (broad SMARTS) is 1. The molecule has 0 saturated carbocycles. The van der Waals surface area contributed by atoms with Crippen molar-refractivity contribution in [2.45, 2.75) is 13.3 Å². The SMILES string of the molecule is COc1cccc(-n2nnc(C)c2CC(=O)O)c1. The number of nitrogens with zero attached hydrogens (tertiary/aromatic N) is 3. The lowest BCUT2D eigenvalue weighted by Gasteiger charge is -2.07. The van der Waals surface area contributed by atoms with Gasteiger partial charge in [0.05, 0.1) is 30.6 Å².